The Balaban J connectivity index is -0.000000405. The van der Waals surface area contributed by atoms with Crippen LogP contribution in [0.15, 0.2) is 0 Å². The van der Waals surface area contributed by atoms with Crippen LogP contribution in [-0.4, -0.2) is 20.3 Å². The molecule has 0 unspecified atom stereocenters. The van der Waals surface area contributed by atoms with E-state index in [0.29, 0.717) is 0 Å². The first-order valence-corrected chi connectivity index (χ1v) is 5.18. The predicted octanol–water partition coefficient (Wildman–Crippen LogP) is -4.58. The molecule has 12 heavy (non-hydrogen) atoms. The summed E-state index contributed by atoms with van der Waals surface area (Å²) in [5.74, 6) is 1.54. The first-order chi connectivity index (χ1) is 4.63. The van der Waals surface area contributed by atoms with Gasteiger partial charge in [-0.05, 0) is 0 Å². The molecule has 0 amide bonds. The third kappa shape index (κ3) is 19.3. The van der Waals surface area contributed by atoms with E-state index in [1.165, 1.54) is 23.5 Å². The van der Waals surface area contributed by atoms with Crippen LogP contribution in [-0.2, 0) is 25.3 Å². The minimum absolute atomic E-state index is 0. The van der Waals surface area contributed by atoms with Crippen LogP contribution < -0.4 is 103 Å². The van der Waals surface area contributed by atoms with Crippen molar-refractivity contribution in [2.45, 2.75) is 0 Å². The van der Waals surface area contributed by atoms with E-state index >= 15 is 0 Å². The molecule has 2 nitrogen and oxygen atoms in total. The minimum atomic E-state index is 0. The molecule has 0 aromatic rings. The smallest absolute Gasteiger partial charge is 0.754 e. The summed E-state index contributed by atoms with van der Waals surface area (Å²) in [7, 11) is 0. The largest absolute Gasteiger partial charge is 1.00 e. The molecule has 0 atom stereocenters. The molecule has 0 saturated carbocycles. The van der Waals surface area contributed by atoms with Gasteiger partial charge in [-0.1, -0.05) is 8.75 Å². The van der Waals surface area contributed by atoms with Crippen molar-refractivity contribution >= 4 is 57.5 Å². The fourth-order valence-electron chi connectivity index (χ4n) is 0.269. The van der Waals surface area contributed by atoms with Gasteiger partial charge in [0.1, 0.15) is 0 Å². The van der Waals surface area contributed by atoms with Crippen molar-refractivity contribution in [1.82, 2.24) is 0 Å². The van der Waals surface area contributed by atoms with Gasteiger partial charge in [-0.2, -0.15) is 0 Å². The van der Waals surface area contributed by atoms with Gasteiger partial charge < -0.3 is 36.1 Å². The second kappa shape index (κ2) is 14.8. The maximum Gasteiger partial charge on any atom is 1.00 e. The Bertz CT molecular complexity index is 127. The van der Waals surface area contributed by atoms with Crippen molar-refractivity contribution in [1.29, 1.82) is 10.8 Å². The van der Waals surface area contributed by atoms with E-state index in [0.717, 1.165) is 11.5 Å². The van der Waals surface area contributed by atoms with Crippen molar-refractivity contribution in [2.24, 2.45) is 0 Å². The Kier molecular flexibility index (Phi) is 25.9. The van der Waals surface area contributed by atoms with Crippen molar-refractivity contribution in [3.8, 4) is 0 Å². The van der Waals surface area contributed by atoms with Crippen molar-refractivity contribution in [2.75, 3.05) is 11.5 Å². The summed E-state index contributed by atoms with van der Waals surface area (Å²) < 4.78 is 0.410. The molecule has 8 heteroatoms. The van der Waals surface area contributed by atoms with Crippen LogP contribution in [0.4, 0.5) is 0 Å². The Hall–Kier alpha value is 3.75. The van der Waals surface area contributed by atoms with Gasteiger partial charge in [0.2, 0.25) is 0 Å². The van der Waals surface area contributed by atoms with Gasteiger partial charge in [0.25, 0.3) is 0 Å². The Labute approximate surface area is 178 Å². The maximum atomic E-state index is 6.87. The third-order valence-corrected chi connectivity index (χ3v) is 2.86. The van der Waals surface area contributed by atoms with E-state index in [1.807, 2.05) is 0 Å². The number of thioether (sulfide) groups is 2. The van der Waals surface area contributed by atoms with Gasteiger partial charge in [0.05, 0.1) is 0 Å². The molecule has 0 rings (SSSR count). The van der Waals surface area contributed by atoms with Crippen LogP contribution in [0.2, 0.25) is 0 Å². The van der Waals surface area contributed by atoms with Crippen LogP contribution in [0, 0.1) is 10.8 Å². The van der Waals surface area contributed by atoms with Gasteiger partial charge in [-0.15, -0.1) is 23.5 Å². The predicted molar refractivity (Wildman–Crippen MR) is 55.1 cm³/mol. The van der Waals surface area contributed by atoms with Gasteiger partial charge in [-0.25, -0.2) is 0 Å². The molecule has 0 heterocycles. The van der Waals surface area contributed by atoms with Crippen LogP contribution in [0.5, 0.6) is 0 Å². The summed E-state index contributed by atoms with van der Waals surface area (Å²) in [6, 6.07) is 0. The van der Waals surface area contributed by atoms with E-state index in [2.05, 4.69) is 25.3 Å². The third-order valence-electron chi connectivity index (χ3n) is 0.550. The molecule has 0 fully saturated rings. The van der Waals surface area contributed by atoms with Crippen molar-refractivity contribution in [3.63, 3.8) is 0 Å². The molecule has 0 bridgehead atoms. The van der Waals surface area contributed by atoms with Crippen LogP contribution in [0.3, 0.4) is 0 Å². The van der Waals surface area contributed by atoms with E-state index in [-0.39, 0.29) is 112 Å². The SMILES string of the molecule is N=C([S-])SCCSC(=N)[S-].[K+].[K+]. The molecule has 0 aliphatic carbocycles. The Morgan fingerprint density at radius 2 is 1.17 bits per heavy atom. The second-order valence-electron chi connectivity index (χ2n) is 1.27. The van der Waals surface area contributed by atoms with Crippen molar-refractivity contribution in [3.05, 3.63) is 0 Å². The molecule has 0 spiro atoms. The van der Waals surface area contributed by atoms with E-state index in [4.69, 9.17) is 10.8 Å². The monoisotopic (exact) mass is 288 g/mol. The number of hydrogen-bond donors (Lipinski definition) is 2. The normalized spacial score (nSPS) is 7.67. The summed E-state index contributed by atoms with van der Waals surface area (Å²) in [5, 5.41) is 13.7. The summed E-state index contributed by atoms with van der Waals surface area (Å²) in [6.07, 6.45) is 0. The number of nitrogens with one attached hydrogen (secondary N) is 2. The molecule has 58 valence electrons. The minimum Gasteiger partial charge on any atom is -0.754 e. The fourth-order valence-corrected chi connectivity index (χ4v) is 1.81. The fraction of sp³-hybridized carbons (Fsp3) is 0.500. The molecule has 0 aromatic carbocycles. The average molecular weight is 289 g/mol. The average Bonchev–Trinajstić information content (AvgIpc) is 1.79. The Morgan fingerprint density at radius 1 is 0.917 bits per heavy atom. The topological polar surface area (TPSA) is 47.7 Å². The van der Waals surface area contributed by atoms with Crippen LogP contribution >= 0.6 is 23.5 Å². The second-order valence-corrected chi connectivity index (χ2v) is 4.82. The van der Waals surface area contributed by atoms with Crippen LogP contribution in [0.1, 0.15) is 0 Å². The first-order valence-electron chi connectivity index (χ1n) is 2.39. The molecule has 0 radical (unpaired) electrons. The number of rotatable bonds is 3. The quantitative estimate of drug-likeness (QED) is 0.180. The van der Waals surface area contributed by atoms with Gasteiger partial charge in [0, 0.05) is 11.5 Å². The zero-order valence-electron chi connectivity index (χ0n) is 7.05. The molecule has 0 aromatic heterocycles. The first kappa shape index (κ1) is 21.1. The van der Waals surface area contributed by atoms with Crippen LogP contribution in [0.25, 0.3) is 0 Å². The van der Waals surface area contributed by atoms with Crippen molar-refractivity contribution < 1.29 is 103 Å². The van der Waals surface area contributed by atoms with E-state index in [1.54, 1.807) is 0 Å². The van der Waals surface area contributed by atoms with Gasteiger partial charge >= 0.3 is 103 Å². The summed E-state index contributed by atoms with van der Waals surface area (Å²) in [5.41, 5.74) is 0. The summed E-state index contributed by atoms with van der Waals surface area (Å²) in [4.78, 5) is 0. The summed E-state index contributed by atoms with van der Waals surface area (Å²) >= 11 is 11.6. The zero-order chi connectivity index (χ0) is 7.98. The molecule has 0 aliphatic rings. The summed E-state index contributed by atoms with van der Waals surface area (Å²) in [6.45, 7) is 0. The van der Waals surface area contributed by atoms with Gasteiger partial charge in [0.15, 0.2) is 0 Å². The molecular weight excluding hydrogens is 283 g/mol. The number of hydrogen-bond acceptors (Lipinski definition) is 6. The molecule has 0 aliphatic heterocycles. The molecule has 0 saturated heterocycles. The maximum absolute atomic E-state index is 6.87. The van der Waals surface area contributed by atoms with E-state index in [9.17, 15) is 0 Å². The zero-order valence-corrected chi connectivity index (χ0v) is 16.6. The molecule has 2 N–H and O–H groups in total. The van der Waals surface area contributed by atoms with E-state index < -0.39 is 0 Å². The standard InChI is InChI=1S/C4H8N2S4.2K/c5-3(7)9-1-2-10-4(6)8;;/h1-2H2,(H2,5,7)(H2,6,8);;/q;2*+1/p-2. The molecular formula is C4H6K2N2S4. The Morgan fingerprint density at radius 3 is 1.33 bits per heavy atom. The van der Waals surface area contributed by atoms with Gasteiger partial charge in [-0.3, -0.25) is 0 Å².